The quantitative estimate of drug-likeness (QED) is 0.776. The van der Waals surface area contributed by atoms with Crippen molar-refractivity contribution in [3.8, 4) is 0 Å². The fourth-order valence-corrected chi connectivity index (χ4v) is 2.59. The van der Waals surface area contributed by atoms with E-state index in [1.165, 1.54) is 11.1 Å². The van der Waals surface area contributed by atoms with E-state index in [-0.39, 0.29) is 11.9 Å². The van der Waals surface area contributed by atoms with Crippen molar-refractivity contribution in [3.63, 3.8) is 0 Å². The van der Waals surface area contributed by atoms with Crippen LogP contribution in [0, 0.1) is 5.92 Å². The third-order valence-electron chi connectivity index (χ3n) is 3.17. The van der Waals surface area contributed by atoms with E-state index < -0.39 is 0 Å². The highest BCUT2D eigenvalue weighted by atomic mass is 16.5. The number of carbonyl (C=O) groups is 1. The first-order valence-electron chi connectivity index (χ1n) is 5.91. The van der Waals surface area contributed by atoms with Crippen LogP contribution in [0.25, 0.3) is 0 Å². The number of carbonyl (C=O) groups excluding carboxylic acids is 1. The van der Waals surface area contributed by atoms with Crippen molar-refractivity contribution in [2.75, 3.05) is 6.61 Å². The second-order valence-electron chi connectivity index (χ2n) is 4.45. The topological polar surface area (TPSA) is 26.3 Å². The van der Waals surface area contributed by atoms with Crippen molar-refractivity contribution >= 4 is 5.78 Å². The van der Waals surface area contributed by atoms with Crippen molar-refractivity contribution in [2.24, 2.45) is 5.92 Å². The Labute approximate surface area is 96.6 Å². The second kappa shape index (κ2) is 4.79. The number of hydrogen-bond acceptors (Lipinski definition) is 2. The standard InChI is InChI=1S/C14H18O2/c1-3-16-14-12(8-10(2)15)9-11-6-4-5-7-13(11)14/h4-7,12,14H,3,8-9H2,1-2H3. The summed E-state index contributed by atoms with van der Waals surface area (Å²) in [4.78, 5) is 11.2. The van der Waals surface area contributed by atoms with Gasteiger partial charge >= 0.3 is 0 Å². The van der Waals surface area contributed by atoms with Gasteiger partial charge in [-0.2, -0.15) is 0 Å². The molecule has 2 heteroatoms. The van der Waals surface area contributed by atoms with E-state index in [1.807, 2.05) is 13.0 Å². The van der Waals surface area contributed by atoms with Crippen molar-refractivity contribution in [1.29, 1.82) is 0 Å². The van der Waals surface area contributed by atoms with Gasteiger partial charge in [-0.3, -0.25) is 0 Å². The Hall–Kier alpha value is -1.15. The van der Waals surface area contributed by atoms with Crippen LogP contribution in [0.3, 0.4) is 0 Å². The third-order valence-corrected chi connectivity index (χ3v) is 3.17. The first kappa shape index (κ1) is 11.3. The normalized spacial score (nSPS) is 23.1. The Morgan fingerprint density at radius 3 is 2.88 bits per heavy atom. The number of Topliss-reactive ketones (excluding diaryl/α,β-unsaturated/α-hetero) is 1. The largest absolute Gasteiger partial charge is 0.373 e. The number of fused-ring (bicyclic) bond motifs is 1. The number of hydrogen-bond donors (Lipinski definition) is 0. The number of benzene rings is 1. The minimum atomic E-state index is 0.116. The van der Waals surface area contributed by atoms with Gasteiger partial charge in [-0.25, -0.2) is 0 Å². The maximum absolute atomic E-state index is 11.2. The molecule has 1 aromatic rings. The molecule has 0 fully saturated rings. The average molecular weight is 218 g/mol. The summed E-state index contributed by atoms with van der Waals surface area (Å²) in [7, 11) is 0. The van der Waals surface area contributed by atoms with Crippen LogP contribution in [0.15, 0.2) is 24.3 Å². The lowest BCUT2D eigenvalue weighted by atomic mass is 9.97. The van der Waals surface area contributed by atoms with Gasteiger partial charge in [-0.15, -0.1) is 0 Å². The Balaban J connectivity index is 2.22. The van der Waals surface area contributed by atoms with Crippen LogP contribution in [0.5, 0.6) is 0 Å². The zero-order chi connectivity index (χ0) is 11.5. The van der Waals surface area contributed by atoms with Crippen LogP contribution in [0.4, 0.5) is 0 Å². The van der Waals surface area contributed by atoms with E-state index in [0.717, 1.165) is 6.42 Å². The van der Waals surface area contributed by atoms with Gasteiger partial charge in [0.25, 0.3) is 0 Å². The highest BCUT2D eigenvalue weighted by Gasteiger charge is 2.33. The molecular formula is C14H18O2. The average Bonchev–Trinajstić information content (AvgIpc) is 2.57. The van der Waals surface area contributed by atoms with E-state index in [2.05, 4.69) is 18.2 Å². The first-order chi connectivity index (χ1) is 7.72. The molecule has 1 aliphatic rings. The molecule has 86 valence electrons. The molecule has 0 aliphatic heterocycles. The molecule has 1 aliphatic carbocycles. The molecule has 0 radical (unpaired) electrons. The lowest BCUT2D eigenvalue weighted by molar-refractivity contribution is -0.119. The predicted molar refractivity (Wildman–Crippen MR) is 63.3 cm³/mol. The summed E-state index contributed by atoms with van der Waals surface area (Å²) in [6.45, 7) is 4.37. The summed E-state index contributed by atoms with van der Waals surface area (Å²) < 4.78 is 5.79. The first-order valence-corrected chi connectivity index (χ1v) is 5.91. The van der Waals surface area contributed by atoms with Crippen LogP contribution in [0.2, 0.25) is 0 Å². The zero-order valence-corrected chi connectivity index (χ0v) is 9.90. The molecule has 2 atom stereocenters. The maximum atomic E-state index is 11.2. The Bertz CT molecular complexity index is 384. The predicted octanol–water partition coefficient (Wildman–Crippen LogP) is 2.92. The minimum Gasteiger partial charge on any atom is -0.373 e. The van der Waals surface area contributed by atoms with Crippen LogP contribution < -0.4 is 0 Å². The van der Waals surface area contributed by atoms with Gasteiger partial charge in [0.2, 0.25) is 0 Å². The van der Waals surface area contributed by atoms with Gasteiger partial charge in [0.15, 0.2) is 0 Å². The second-order valence-corrected chi connectivity index (χ2v) is 4.45. The summed E-state index contributed by atoms with van der Waals surface area (Å²) in [6.07, 6.45) is 1.71. The summed E-state index contributed by atoms with van der Waals surface area (Å²) in [5.41, 5.74) is 2.61. The van der Waals surface area contributed by atoms with Crippen LogP contribution in [-0.4, -0.2) is 12.4 Å². The van der Waals surface area contributed by atoms with E-state index in [1.54, 1.807) is 6.92 Å². The van der Waals surface area contributed by atoms with E-state index in [4.69, 9.17) is 4.74 Å². The van der Waals surface area contributed by atoms with Gasteiger partial charge in [-0.05, 0) is 31.4 Å². The molecule has 0 amide bonds. The molecule has 0 saturated carbocycles. The molecule has 2 rings (SSSR count). The fraction of sp³-hybridized carbons (Fsp3) is 0.500. The van der Waals surface area contributed by atoms with E-state index >= 15 is 0 Å². The van der Waals surface area contributed by atoms with Gasteiger partial charge in [0.1, 0.15) is 5.78 Å². The highest BCUT2D eigenvalue weighted by molar-refractivity contribution is 5.76. The number of ether oxygens (including phenoxy) is 1. The van der Waals surface area contributed by atoms with Crippen molar-refractivity contribution < 1.29 is 9.53 Å². The monoisotopic (exact) mass is 218 g/mol. The van der Waals surface area contributed by atoms with Gasteiger partial charge in [0.05, 0.1) is 6.10 Å². The van der Waals surface area contributed by atoms with Crippen LogP contribution >= 0.6 is 0 Å². The summed E-state index contributed by atoms with van der Waals surface area (Å²) in [5, 5.41) is 0. The molecule has 0 saturated heterocycles. The molecule has 0 aromatic heterocycles. The Morgan fingerprint density at radius 2 is 2.19 bits per heavy atom. The summed E-state index contributed by atoms with van der Waals surface area (Å²) in [5.74, 6) is 0.581. The molecule has 0 bridgehead atoms. The summed E-state index contributed by atoms with van der Waals surface area (Å²) >= 11 is 0. The highest BCUT2D eigenvalue weighted by Crippen LogP contribution is 2.40. The SMILES string of the molecule is CCOC1c2ccccc2CC1CC(C)=O. The van der Waals surface area contributed by atoms with Crippen molar-refractivity contribution in [1.82, 2.24) is 0 Å². The van der Waals surface area contributed by atoms with Gasteiger partial charge in [0, 0.05) is 18.9 Å². The molecular weight excluding hydrogens is 200 g/mol. The van der Waals surface area contributed by atoms with Gasteiger partial charge < -0.3 is 9.53 Å². The van der Waals surface area contributed by atoms with E-state index in [0.29, 0.717) is 18.9 Å². The smallest absolute Gasteiger partial charge is 0.130 e. The molecule has 0 spiro atoms. The molecule has 2 nitrogen and oxygen atoms in total. The lowest BCUT2D eigenvalue weighted by Gasteiger charge is -2.19. The molecule has 1 aromatic carbocycles. The zero-order valence-electron chi connectivity index (χ0n) is 9.90. The minimum absolute atomic E-state index is 0.116. The fourth-order valence-electron chi connectivity index (χ4n) is 2.59. The lowest BCUT2D eigenvalue weighted by Crippen LogP contribution is -2.14. The van der Waals surface area contributed by atoms with E-state index in [9.17, 15) is 4.79 Å². The van der Waals surface area contributed by atoms with Crippen molar-refractivity contribution in [3.05, 3.63) is 35.4 Å². The molecule has 16 heavy (non-hydrogen) atoms. The molecule has 0 heterocycles. The molecule has 2 unspecified atom stereocenters. The van der Waals surface area contributed by atoms with Crippen LogP contribution in [-0.2, 0) is 16.0 Å². The van der Waals surface area contributed by atoms with Gasteiger partial charge in [-0.1, -0.05) is 24.3 Å². The number of rotatable bonds is 4. The Morgan fingerprint density at radius 1 is 1.44 bits per heavy atom. The number of ketones is 1. The third kappa shape index (κ3) is 2.17. The maximum Gasteiger partial charge on any atom is 0.130 e. The molecule has 0 N–H and O–H groups in total. The van der Waals surface area contributed by atoms with Crippen LogP contribution in [0.1, 0.15) is 37.5 Å². The summed E-state index contributed by atoms with van der Waals surface area (Å²) in [6, 6.07) is 8.36. The van der Waals surface area contributed by atoms with Crippen molar-refractivity contribution in [2.45, 2.75) is 32.8 Å². The Kier molecular flexibility index (Phi) is 3.39.